The molecule has 1 N–H and O–H groups in total. The Hall–Kier alpha value is -1.54. The zero-order valence-corrected chi connectivity index (χ0v) is 11.4. The van der Waals surface area contributed by atoms with E-state index in [-0.39, 0.29) is 6.04 Å². The van der Waals surface area contributed by atoms with Crippen molar-refractivity contribution in [1.29, 1.82) is 0 Å². The smallest absolute Gasteiger partial charge is 0.125 e. The van der Waals surface area contributed by atoms with Crippen LogP contribution in [0, 0.1) is 13.8 Å². The molecule has 1 heterocycles. The van der Waals surface area contributed by atoms with Crippen molar-refractivity contribution in [2.45, 2.75) is 33.2 Å². The van der Waals surface area contributed by atoms with Gasteiger partial charge in [0.2, 0.25) is 0 Å². The van der Waals surface area contributed by atoms with Gasteiger partial charge in [-0.2, -0.15) is 0 Å². The Balaban J connectivity index is 2.36. The Kier molecular flexibility index (Phi) is 4.21. The standard InChI is InChI=1S/C16H21NO/c1-4-9-17-16(15-6-5-10-18-15)14-11-12(2)7-8-13(14)3/h5-8,10-11,16-17H,4,9H2,1-3H3. The van der Waals surface area contributed by atoms with Gasteiger partial charge in [0.25, 0.3) is 0 Å². The number of hydrogen-bond acceptors (Lipinski definition) is 2. The van der Waals surface area contributed by atoms with Crippen LogP contribution < -0.4 is 5.32 Å². The van der Waals surface area contributed by atoms with Crippen molar-refractivity contribution in [2.75, 3.05) is 6.54 Å². The summed E-state index contributed by atoms with van der Waals surface area (Å²) >= 11 is 0. The van der Waals surface area contributed by atoms with Gasteiger partial charge in [0.1, 0.15) is 5.76 Å². The number of nitrogens with one attached hydrogen (secondary N) is 1. The predicted molar refractivity (Wildman–Crippen MR) is 74.8 cm³/mol. The van der Waals surface area contributed by atoms with Crippen LogP contribution in [0.1, 0.15) is 41.8 Å². The lowest BCUT2D eigenvalue weighted by atomic mass is 9.97. The molecule has 96 valence electrons. The molecule has 0 amide bonds. The van der Waals surface area contributed by atoms with Crippen molar-refractivity contribution >= 4 is 0 Å². The van der Waals surface area contributed by atoms with E-state index in [1.54, 1.807) is 6.26 Å². The quantitative estimate of drug-likeness (QED) is 0.859. The minimum Gasteiger partial charge on any atom is -0.467 e. The Morgan fingerprint density at radius 2 is 2.06 bits per heavy atom. The third-order valence-electron chi connectivity index (χ3n) is 3.17. The Bertz CT molecular complexity index is 488. The number of hydrogen-bond donors (Lipinski definition) is 1. The molecule has 1 aromatic carbocycles. The largest absolute Gasteiger partial charge is 0.467 e. The third-order valence-corrected chi connectivity index (χ3v) is 3.17. The highest BCUT2D eigenvalue weighted by atomic mass is 16.3. The van der Waals surface area contributed by atoms with Gasteiger partial charge in [0, 0.05) is 0 Å². The lowest BCUT2D eigenvalue weighted by Gasteiger charge is -2.19. The summed E-state index contributed by atoms with van der Waals surface area (Å²) in [6, 6.07) is 10.7. The fourth-order valence-electron chi connectivity index (χ4n) is 2.18. The lowest BCUT2D eigenvalue weighted by molar-refractivity contribution is 0.445. The van der Waals surface area contributed by atoms with E-state index in [0.717, 1.165) is 18.7 Å². The molecular formula is C16H21NO. The zero-order chi connectivity index (χ0) is 13.0. The second-order valence-corrected chi connectivity index (χ2v) is 4.76. The number of aryl methyl sites for hydroxylation is 2. The molecule has 2 nitrogen and oxygen atoms in total. The third kappa shape index (κ3) is 2.82. The average Bonchev–Trinajstić information content (AvgIpc) is 2.88. The fourth-order valence-corrected chi connectivity index (χ4v) is 2.18. The van der Waals surface area contributed by atoms with E-state index in [0.29, 0.717) is 0 Å². The summed E-state index contributed by atoms with van der Waals surface area (Å²) in [5.41, 5.74) is 3.88. The molecule has 0 saturated carbocycles. The summed E-state index contributed by atoms with van der Waals surface area (Å²) < 4.78 is 5.58. The normalized spacial score (nSPS) is 12.6. The van der Waals surface area contributed by atoms with Crippen LogP contribution in [-0.2, 0) is 0 Å². The second-order valence-electron chi connectivity index (χ2n) is 4.76. The van der Waals surface area contributed by atoms with Crippen LogP contribution in [0.5, 0.6) is 0 Å². The molecular weight excluding hydrogens is 222 g/mol. The van der Waals surface area contributed by atoms with E-state index in [4.69, 9.17) is 4.42 Å². The Morgan fingerprint density at radius 1 is 1.22 bits per heavy atom. The molecule has 0 radical (unpaired) electrons. The molecule has 2 aromatic rings. The minimum absolute atomic E-state index is 0.153. The topological polar surface area (TPSA) is 25.2 Å². The molecule has 0 spiro atoms. The van der Waals surface area contributed by atoms with Crippen LogP contribution in [0.25, 0.3) is 0 Å². The molecule has 1 aromatic heterocycles. The van der Waals surface area contributed by atoms with Crippen molar-refractivity contribution in [3.05, 3.63) is 59.0 Å². The number of benzene rings is 1. The first-order chi connectivity index (χ1) is 8.72. The van der Waals surface area contributed by atoms with Crippen LogP contribution in [0.4, 0.5) is 0 Å². The van der Waals surface area contributed by atoms with Crippen molar-refractivity contribution in [1.82, 2.24) is 5.32 Å². The van der Waals surface area contributed by atoms with Gasteiger partial charge in [-0.1, -0.05) is 30.7 Å². The van der Waals surface area contributed by atoms with Gasteiger partial charge >= 0.3 is 0 Å². The first-order valence-electron chi connectivity index (χ1n) is 6.56. The van der Waals surface area contributed by atoms with E-state index < -0.39 is 0 Å². The summed E-state index contributed by atoms with van der Waals surface area (Å²) in [4.78, 5) is 0. The maximum absolute atomic E-state index is 5.58. The summed E-state index contributed by atoms with van der Waals surface area (Å²) in [5, 5.41) is 3.56. The second kappa shape index (κ2) is 5.87. The molecule has 0 saturated heterocycles. The minimum atomic E-state index is 0.153. The average molecular weight is 243 g/mol. The van der Waals surface area contributed by atoms with E-state index in [1.165, 1.54) is 16.7 Å². The highest BCUT2D eigenvalue weighted by Gasteiger charge is 2.17. The summed E-state index contributed by atoms with van der Waals surface area (Å²) in [5.74, 6) is 0.983. The first-order valence-corrected chi connectivity index (χ1v) is 6.56. The molecule has 2 rings (SSSR count). The van der Waals surface area contributed by atoms with Crippen molar-refractivity contribution in [3.63, 3.8) is 0 Å². The predicted octanol–water partition coefficient (Wildman–Crippen LogP) is 3.99. The van der Waals surface area contributed by atoms with E-state index >= 15 is 0 Å². The maximum Gasteiger partial charge on any atom is 0.125 e. The van der Waals surface area contributed by atoms with E-state index in [9.17, 15) is 0 Å². The monoisotopic (exact) mass is 243 g/mol. The van der Waals surface area contributed by atoms with Gasteiger partial charge < -0.3 is 9.73 Å². The van der Waals surface area contributed by atoms with E-state index in [2.05, 4.69) is 44.3 Å². The van der Waals surface area contributed by atoms with Crippen LogP contribution >= 0.6 is 0 Å². The highest BCUT2D eigenvalue weighted by molar-refractivity contribution is 5.36. The van der Waals surface area contributed by atoms with Crippen molar-refractivity contribution in [2.24, 2.45) is 0 Å². The van der Waals surface area contributed by atoms with E-state index in [1.807, 2.05) is 12.1 Å². The van der Waals surface area contributed by atoms with Gasteiger partial charge in [-0.15, -0.1) is 0 Å². The zero-order valence-electron chi connectivity index (χ0n) is 11.4. The molecule has 0 aliphatic rings. The molecule has 0 fully saturated rings. The van der Waals surface area contributed by atoms with Crippen LogP contribution in [0.3, 0.4) is 0 Å². The molecule has 0 aliphatic carbocycles. The van der Waals surface area contributed by atoms with Crippen LogP contribution in [0.2, 0.25) is 0 Å². The first kappa shape index (κ1) is 12.9. The summed E-state index contributed by atoms with van der Waals surface area (Å²) in [7, 11) is 0. The molecule has 0 bridgehead atoms. The Labute approximate surface area is 109 Å². The summed E-state index contributed by atoms with van der Waals surface area (Å²) in [6.45, 7) is 7.44. The van der Waals surface area contributed by atoms with Crippen LogP contribution in [-0.4, -0.2) is 6.54 Å². The van der Waals surface area contributed by atoms with Gasteiger partial charge in [-0.25, -0.2) is 0 Å². The number of rotatable bonds is 5. The molecule has 1 unspecified atom stereocenters. The van der Waals surface area contributed by atoms with Crippen molar-refractivity contribution in [3.8, 4) is 0 Å². The Morgan fingerprint density at radius 3 is 2.72 bits per heavy atom. The molecule has 0 aliphatic heterocycles. The summed E-state index contributed by atoms with van der Waals surface area (Å²) in [6.07, 6.45) is 2.85. The van der Waals surface area contributed by atoms with Gasteiger partial charge in [-0.3, -0.25) is 0 Å². The van der Waals surface area contributed by atoms with Crippen molar-refractivity contribution < 1.29 is 4.42 Å². The molecule has 2 heteroatoms. The lowest BCUT2D eigenvalue weighted by Crippen LogP contribution is -2.23. The SMILES string of the molecule is CCCNC(c1ccco1)c1cc(C)ccc1C. The molecule has 1 atom stereocenters. The van der Waals surface area contributed by atoms with Gasteiger partial charge in [0.15, 0.2) is 0 Å². The fraction of sp³-hybridized carbons (Fsp3) is 0.375. The van der Waals surface area contributed by atoms with Crippen LogP contribution in [0.15, 0.2) is 41.0 Å². The number of furan rings is 1. The van der Waals surface area contributed by atoms with Gasteiger partial charge in [0.05, 0.1) is 12.3 Å². The highest BCUT2D eigenvalue weighted by Crippen LogP contribution is 2.26. The molecule has 18 heavy (non-hydrogen) atoms. The van der Waals surface area contributed by atoms with Gasteiger partial charge in [-0.05, 0) is 50.1 Å². The maximum atomic E-state index is 5.58.